The number of rotatable bonds is 4. The van der Waals surface area contributed by atoms with E-state index in [2.05, 4.69) is 20.1 Å². The summed E-state index contributed by atoms with van der Waals surface area (Å²) in [5, 5.41) is 8.67. The largest absolute Gasteiger partial charge is 0.435 e. The van der Waals surface area contributed by atoms with Crippen molar-refractivity contribution in [2.45, 2.75) is 38.9 Å². The molecule has 3 heterocycles. The van der Waals surface area contributed by atoms with Crippen LogP contribution in [0.1, 0.15) is 39.3 Å². The Morgan fingerprint density at radius 3 is 2.38 bits per heavy atom. The number of piperidine rings is 1. The van der Waals surface area contributed by atoms with Gasteiger partial charge in [0.2, 0.25) is 0 Å². The summed E-state index contributed by atoms with van der Waals surface area (Å²) >= 11 is 0.569. The number of hydrogen-bond donors (Lipinski definition) is 1. The van der Waals surface area contributed by atoms with E-state index in [4.69, 9.17) is 5.73 Å². The van der Waals surface area contributed by atoms with Crippen LogP contribution in [-0.4, -0.2) is 52.2 Å². The van der Waals surface area contributed by atoms with E-state index < -0.39 is 22.7 Å². The Hall–Kier alpha value is -3.21. The Morgan fingerprint density at radius 2 is 1.76 bits per heavy atom. The summed E-state index contributed by atoms with van der Waals surface area (Å²) in [5.41, 5.74) is 8.17. The SMILES string of the molecule is Cc1c(-c2ccccc2)nnc(N2CCC(N(C)C(=O)c3sc(N)nc3C(F)(F)F)CC2)c1C. The van der Waals surface area contributed by atoms with Crippen molar-refractivity contribution in [2.75, 3.05) is 30.8 Å². The highest BCUT2D eigenvalue weighted by atomic mass is 32.1. The van der Waals surface area contributed by atoms with Crippen LogP contribution in [0.4, 0.5) is 24.1 Å². The van der Waals surface area contributed by atoms with Crippen molar-refractivity contribution in [2.24, 2.45) is 0 Å². The number of amides is 1. The second kappa shape index (κ2) is 9.21. The summed E-state index contributed by atoms with van der Waals surface area (Å²) < 4.78 is 39.8. The molecule has 0 spiro atoms. The number of nitrogens with zero attached hydrogens (tertiary/aromatic N) is 5. The normalized spacial score (nSPS) is 14.9. The molecule has 4 rings (SSSR count). The standard InChI is InChI=1S/C23H25F3N6OS/c1-13-14(2)20(30-29-17(13)15-7-5-4-6-8-15)32-11-9-16(10-12-32)31(3)21(33)18-19(23(24,25)26)28-22(27)34-18/h4-8,16H,9-12H2,1-3H3,(H2,27,28). The highest BCUT2D eigenvalue weighted by Crippen LogP contribution is 2.36. The van der Waals surface area contributed by atoms with Crippen LogP contribution in [-0.2, 0) is 6.18 Å². The first-order valence-electron chi connectivity index (χ1n) is 10.8. The van der Waals surface area contributed by atoms with Crippen LogP contribution in [0.25, 0.3) is 11.3 Å². The zero-order valence-electron chi connectivity index (χ0n) is 19.1. The number of alkyl halides is 3. The van der Waals surface area contributed by atoms with E-state index in [0.29, 0.717) is 37.3 Å². The molecule has 1 saturated heterocycles. The van der Waals surface area contributed by atoms with Crippen molar-refractivity contribution in [3.05, 3.63) is 52.0 Å². The van der Waals surface area contributed by atoms with Gasteiger partial charge in [-0.1, -0.05) is 41.7 Å². The maximum atomic E-state index is 13.3. The fraction of sp³-hybridized carbons (Fsp3) is 0.391. The van der Waals surface area contributed by atoms with Crippen LogP contribution in [0.2, 0.25) is 0 Å². The molecule has 7 nitrogen and oxygen atoms in total. The van der Waals surface area contributed by atoms with Crippen molar-refractivity contribution in [1.29, 1.82) is 0 Å². The third-order valence-electron chi connectivity index (χ3n) is 6.28. The third-order valence-corrected chi connectivity index (χ3v) is 7.16. The van der Waals surface area contributed by atoms with Crippen LogP contribution in [0, 0.1) is 13.8 Å². The molecule has 1 aliphatic heterocycles. The third kappa shape index (κ3) is 4.56. The number of nitrogens with two attached hydrogens (primary N) is 1. The average Bonchev–Trinajstić information content (AvgIpc) is 3.23. The summed E-state index contributed by atoms with van der Waals surface area (Å²) in [6, 6.07) is 9.66. The summed E-state index contributed by atoms with van der Waals surface area (Å²) in [7, 11) is 1.53. The van der Waals surface area contributed by atoms with E-state index in [-0.39, 0.29) is 11.2 Å². The van der Waals surface area contributed by atoms with Crippen molar-refractivity contribution in [3.63, 3.8) is 0 Å². The molecule has 0 aliphatic carbocycles. The van der Waals surface area contributed by atoms with E-state index in [1.165, 1.54) is 11.9 Å². The van der Waals surface area contributed by atoms with Gasteiger partial charge in [0, 0.05) is 31.7 Å². The molecule has 180 valence electrons. The molecular weight excluding hydrogens is 465 g/mol. The molecule has 1 amide bonds. The van der Waals surface area contributed by atoms with E-state index >= 15 is 0 Å². The molecule has 0 saturated carbocycles. The van der Waals surface area contributed by atoms with Gasteiger partial charge in [-0.25, -0.2) is 4.98 Å². The number of thiazole rings is 1. The summed E-state index contributed by atoms with van der Waals surface area (Å²) in [6.07, 6.45) is -3.54. The fourth-order valence-electron chi connectivity index (χ4n) is 4.23. The monoisotopic (exact) mass is 490 g/mol. The Labute approximate surface area is 199 Å². The number of carbonyl (C=O) groups is 1. The minimum atomic E-state index is -4.73. The van der Waals surface area contributed by atoms with Crippen LogP contribution in [0.5, 0.6) is 0 Å². The van der Waals surface area contributed by atoms with Gasteiger partial charge in [0.1, 0.15) is 4.88 Å². The van der Waals surface area contributed by atoms with Crippen molar-refractivity contribution < 1.29 is 18.0 Å². The molecule has 11 heteroatoms. The Kier molecular flexibility index (Phi) is 6.48. The Morgan fingerprint density at radius 1 is 1.12 bits per heavy atom. The van der Waals surface area contributed by atoms with Gasteiger partial charge in [-0.2, -0.15) is 13.2 Å². The summed E-state index contributed by atoms with van der Waals surface area (Å²) in [4.78, 5) is 19.2. The van der Waals surface area contributed by atoms with Crippen molar-refractivity contribution in [1.82, 2.24) is 20.1 Å². The van der Waals surface area contributed by atoms with Gasteiger partial charge in [-0.05, 0) is 37.8 Å². The average molecular weight is 491 g/mol. The molecule has 0 radical (unpaired) electrons. The number of halogens is 3. The van der Waals surface area contributed by atoms with Crippen LogP contribution in [0.15, 0.2) is 30.3 Å². The predicted molar refractivity (Wildman–Crippen MR) is 126 cm³/mol. The topological polar surface area (TPSA) is 88.2 Å². The van der Waals surface area contributed by atoms with Gasteiger partial charge < -0.3 is 15.5 Å². The first-order chi connectivity index (χ1) is 16.1. The molecule has 3 aromatic rings. The van der Waals surface area contributed by atoms with E-state index in [1.807, 2.05) is 44.2 Å². The van der Waals surface area contributed by atoms with Crippen molar-refractivity contribution >= 4 is 28.2 Å². The number of hydrogen-bond acceptors (Lipinski definition) is 7. The van der Waals surface area contributed by atoms with E-state index in [0.717, 1.165) is 28.2 Å². The van der Waals surface area contributed by atoms with Crippen LogP contribution >= 0.6 is 11.3 Å². The molecule has 0 unspecified atom stereocenters. The number of anilines is 2. The second-order valence-electron chi connectivity index (χ2n) is 8.35. The van der Waals surface area contributed by atoms with Gasteiger partial charge in [0.05, 0.1) is 5.69 Å². The maximum Gasteiger partial charge on any atom is 0.435 e. The highest BCUT2D eigenvalue weighted by Gasteiger charge is 2.41. The number of carbonyl (C=O) groups excluding carboxylic acids is 1. The lowest BCUT2D eigenvalue weighted by atomic mass is 10.0. The van der Waals surface area contributed by atoms with Gasteiger partial charge in [-0.15, -0.1) is 10.2 Å². The molecule has 2 aromatic heterocycles. The smallest absolute Gasteiger partial charge is 0.375 e. The second-order valence-corrected chi connectivity index (χ2v) is 9.38. The summed E-state index contributed by atoms with van der Waals surface area (Å²) in [6.45, 7) is 5.26. The molecular formula is C23H25F3N6OS. The lowest BCUT2D eigenvalue weighted by molar-refractivity contribution is -0.141. The maximum absolute atomic E-state index is 13.3. The van der Waals surface area contributed by atoms with E-state index in [1.54, 1.807) is 0 Å². The molecule has 34 heavy (non-hydrogen) atoms. The first kappa shape index (κ1) is 23.9. The van der Waals surface area contributed by atoms with E-state index in [9.17, 15) is 18.0 Å². The van der Waals surface area contributed by atoms with Crippen LogP contribution < -0.4 is 10.6 Å². The molecule has 0 atom stereocenters. The molecule has 0 bridgehead atoms. The molecule has 1 fully saturated rings. The quantitative estimate of drug-likeness (QED) is 0.577. The fourth-order valence-corrected chi connectivity index (χ4v) is 5.06. The predicted octanol–water partition coefficient (Wildman–Crippen LogP) is 4.56. The number of aromatic nitrogens is 3. The number of benzene rings is 1. The van der Waals surface area contributed by atoms with Gasteiger partial charge >= 0.3 is 6.18 Å². The van der Waals surface area contributed by atoms with Gasteiger partial charge in [0.15, 0.2) is 16.6 Å². The molecule has 1 aromatic carbocycles. The first-order valence-corrected chi connectivity index (χ1v) is 11.6. The minimum absolute atomic E-state index is 0.203. The Balaban J connectivity index is 1.47. The van der Waals surface area contributed by atoms with Gasteiger partial charge in [0.25, 0.3) is 5.91 Å². The summed E-state index contributed by atoms with van der Waals surface area (Å²) in [5.74, 6) is 0.0817. The molecule has 1 aliphatic rings. The minimum Gasteiger partial charge on any atom is -0.375 e. The molecule has 2 N–H and O–H groups in total. The van der Waals surface area contributed by atoms with Crippen molar-refractivity contribution in [3.8, 4) is 11.3 Å². The lowest BCUT2D eigenvalue weighted by Crippen LogP contribution is -2.46. The van der Waals surface area contributed by atoms with Gasteiger partial charge in [-0.3, -0.25) is 4.79 Å². The zero-order valence-corrected chi connectivity index (χ0v) is 19.9. The Bertz CT molecular complexity index is 1190. The zero-order chi connectivity index (χ0) is 24.6. The lowest BCUT2D eigenvalue weighted by Gasteiger charge is -2.37. The highest BCUT2D eigenvalue weighted by molar-refractivity contribution is 7.17. The number of nitrogen functional groups attached to an aromatic ring is 1. The van der Waals surface area contributed by atoms with Crippen LogP contribution in [0.3, 0.4) is 0 Å².